The van der Waals surface area contributed by atoms with Crippen LogP contribution in [0.1, 0.15) is 18.4 Å². The highest BCUT2D eigenvalue weighted by Crippen LogP contribution is 2.27. The van der Waals surface area contributed by atoms with Crippen LogP contribution in [0.15, 0.2) is 48.5 Å². The molecule has 0 aromatic heterocycles. The molecule has 2 aromatic carbocycles. The third-order valence-electron chi connectivity index (χ3n) is 4.24. The van der Waals surface area contributed by atoms with E-state index in [1.54, 1.807) is 7.11 Å². The second-order valence-electron chi connectivity index (χ2n) is 5.81. The summed E-state index contributed by atoms with van der Waals surface area (Å²) in [6.07, 6.45) is 1.48. The summed E-state index contributed by atoms with van der Waals surface area (Å²) in [5.74, 6) is 1.03. The van der Waals surface area contributed by atoms with Crippen molar-refractivity contribution in [1.82, 2.24) is 10.6 Å². The van der Waals surface area contributed by atoms with E-state index >= 15 is 0 Å². The van der Waals surface area contributed by atoms with Gasteiger partial charge in [0.25, 0.3) is 0 Å². The number of carbonyl (C=O) groups is 1. The molecule has 1 aliphatic rings. The van der Waals surface area contributed by atoms with E-state index in [1.807, 2.05) is 18.2 Å². The standard InChI is InChI=1S/C19H22N2O2/c1-23-18-11-15(14-5-3-2-4-6-14)7-8-16(18)12-20-17-9-10-19(22)21-13-17/h2-8,11,17,20H,9-10,12-13H2,1H3,(H,21,22). The number of piperidine rings is 1. The highest BCUT2D eigenvalue weighted by Gasteiger charge is 2.17. The van der Waals surface area contributed by atoms with Crippen molar-refractivity contribution in [3.63, 3.8) is 0 Å². The Morgan fingerprint density at radius 1 is 1.17 bits per heavy atom. The van der Waals surface area contributed by atoms with Crippen molar-refractivity contribution in [2.75, 3.05) is 13.7 Å². The first-order valence-electron chi connectivity index (χ1n) is 7.98. The van der Waals surface area contributed by atoms with Gasteiger partial charge in [-0.3, -0.25) is 4.79 Å². The number of ether oxygens (including phenoxy) is 1. The topological polar surface area (TPSA) is 50.4 Å². The fraction of sp³-hybridized carbons (Fsp3) is 0.316. The van der Waals surface area contributed by atoms with E-state index in [0.29, 0.717) is 19.0 Å². The molecule has 2 N–H and O–H groups in total. The fourth-order valence-corrected chi connectivity index (χ4v) is 2.86. The van der Waals surface area contributed by atoms with E-state index in [-0.39, 0.29) is 5.91 Å². The number of hydrogen-bond acceptors (Lipinski definition) is 3. The molecule has 1 fully saturated rings. The van der Waals surface area contributed by atoms with E-state index in [1.165, 1.54) is 5.56 Å². The molecule has 1 unspecified atom stereocenters. The van der Waals surface area contributed by atoms with Crippen molar-refractivity contribution >= 4 is 5.91 Å². The zero-order chi connectivity index (χ0) is 16.1. The Hall–Kier alpha value is -2.33. The number of nitrogens with one attached hydrogen (secondary N) is 2. The van der Waals surface area contributed by atoms with Gasteiger partial charge in [0.2, 0.25) is 5.91 Å². The molecule has 23 heavy (non-hydrogen) atoms. The summed E-state index contributed by atoms with van der Waals surface area (Å²) in [5, 5.41) is 6.39. The van der Waals surface area contributed by atoms with Crippen molar-refractivity contribution in [2.45, 2.75) is 25.4 Å². The van der Waals surface area contributed by atoms with Gasteiger partial charge in [-0.2, -0.15) is 0 Å². The van der Waals surface area contributed by atoms with Gasteiger partial charge < -0.3 is 15.4 Å². The van der Waals surface area contributed by atoms with Crippen molar-refractivity contribution in [2.24, 2.45) is 0 Å². The molecule has 0 spiro atoms. The van der Waals surface area contributed by atoms with Crippen molar-refractivity contribution < 1.29 is 9.53 Å². The molecule has 120 valence electrons. The average Bonchev–Trinajstić information content (AvgIpc) is 2.62. The number of methoxy groups -OCH3 is 1. The first-order chi connectivity index (χ1) is 11.3. The van der Waals surface area contributed by atoms with Crippen LogP contribution in [0.4, 0.5) is 0 Å². The van der Waals surface area contributed by atoms with Crippen molar-refractivity contribution in [3.05, 3.63) is 54.1 Å². The first-order valence-corrected chi connectivity index (χ1v) is 7.98. The smallest absolute Gasteiger partial charge is 0.220 e. The predicted octanol–water partition coefficient (Wildman–Crippen LogP) is 2.73. The van der Waals surface area contributed by atoms with Crippen LogP contribution in [0.25, 0.3) is 11.1 Å². The fourth-order valence-electron chi connectivity index (χ4n) is 2.86. The Balaban J connectivity index is 1.69. The third kappa shape index (κ3) is 3.90. The summed E-state index contributed by atoms with van der Waals surface area (Å²) in [7, 11) is 1.70. The first kappa shape index (κ1) is 15.6. The number of rotatable bonds is 5. The minimum atomic E-state index is 0.146. The van der Waals surface area contributed by atoms with Gasteiger partial charge >= 0.3 is 0 Å². The van der Waals surface area contributed by atoms with Gasteiger partial charge in [0.1, 0.15) is 5.75 Å². The quantitative estimate of drug-likeness (QED) is 0.893. The summed E-state index contributed by atoms with van der Waals surface area (Å²) in [5.41, 5.74) is 3.46. The molecule has 0 bridgehead atoms. The molecule has 0 radical (unpaired) electrons. The molecule has 0 aliphatic carbocycles. The maximum absolute atomic E-state index is 11.2. The summed E-state index contributed by atoms with van der Waals surface area (Å²) in [4.78, 5) is 11.2. The lowest BCUT2D eigenvalue weighted by atomic mass is 10.0. The maximum Gasteiger partial charge on any atom is 0.220 e. The molecule has 0 saturated carbocycles. The average molecular weight is 310 g/mol. The molecular weight excluding hydrogens is 288 g/mol. The summed E-state index contributed by atoms with van der Waals surface area (Å²) in [6.45, 7) is 1.43. The Bertz CT molecular complexity index is 660. The molecule has 4 nitrogen and oxygen atoms in total. The summed E-state index contributed by atoms with van der Waals surface area (Å²) < 4.78 is 5.55. The monoisotopic (exact) mass is 310 g/mol. The van der Waals surface area contributed by atoms with E-state index in [9.17, 15) is 4.79 Å². The van der Waals surface area contributed by atoms with Crippen molar-refractivity contribution in [3.8, 4) is 16.9 Å². The molecule has 1 saturated heterocycles. The maximum atomic E-state index is 11.2. The minimum Gasteiger partial charge on any atom is -0.496 e. The van der Waals surface area contributed by atoms with Crippen LogP contribution in [-0.4, -0.2) is 25.6 Å². The van der Waals surface area contributed by atoms with E-state index in [4.69, 9.17) is 4.74 Å². The molecule has 4 heteroatoms. The van der Waals surface area contributed by atoms with Gasteiger partial charge in [-0.05, 0) is 23.6 Å². The predicted molar refractivity (Wildman–Crippen MR) is 91.3 cm³/mol. The second-order valence-corrected chi connectivity index (χ2v) is 5.81. The van der Waals surface area contributed by atoms with Gasteiger partial charge in [-0.25, -0.2) is 0 Å². The Morgan fingerprint density at radius 2 is 2.00 bits per heavy atom. The van der Waals surface area contributed by atoms with Gasteiger partial charge in [-0.15, -0.1) is 0 Å². The normalized spacial score (nSPS) is 17.6. The lowest BCUT2D eigenvalue weighted by Gasteiger charge is -2.24. The molecule has 1 atom stereocenters. The zero-order valence-electron chi connectivity index (χ0n) is 13.3. The van der Waals surface area contributed by atoms with Crippen LogP contribution >= 0.6 is 0 Å². The molecule has 1 heterocycles. The molecular formula is C19H22N2O2. The second kappa shape index (κ2) is 7.29. The van der Waals surface area contributed by atoms with E-state index in [0.717, 1.165) is 29.8 Å². The number of benzene rings is 2. The van der Waals surface area contributed by atoms with Gasteiger partial charge in [0, 0.05) is 31.1 Å². The summed E-state index contributed by atoms with van der Waals surface area (Å²) >= 11 is 0. The van der Waals surface area contributed by atoms with Crippen LogP contribution in [0, 0.1) is 0 Å². The van der Waals surface area contributed by atoms with E-state index < -0.39 is 0 Å². The molecule has 1 aliphatic heterocycles. The van der Waals surface area contributed by atoms with Gasteiger partial charge in [0.15, 0.2) is 0 Å². The molecule has 1 amide bonds. The molecule has 2 aromatic rings. The number of carbonyl (C=O) groups excluding carboxylic acids is 1. The number of hydrogen-bond donors (Lipinski definition) is 2. The number of amides is 1. The molecule has 3 rings (SSSR count). The third-order valence-corrected chi connectivity index (χ3v) is 4.24. The van der Waals surface area contributed by atoms with Crippen LogP contribution in [0.5, 0.6) is 5.75 Å². The lowest BCUT2D eigenvalue weighted by molar-refractivity contribution is -0.122. The Morgan fingerprint density at radius 3 is 2.70 bits per heavy atom. The zero-order valence-corrected chi connectivity index (χ0v) is 13.3. The van der Waals surface area contributed by atoms with Crippen molar-refractivity contribution in [1.29, 1.82) is 0 Å². The highest BCUT2D eigenvalue weighted by molar-refractivity contribution is 5.76. The minimum absolute atomic E-state index is 0.146. The van der Waals surface area contributed by atoms with Crippen LogP contribution in [0.3, 0.4) is 0 Å². The summed E-state index contributed by atoms with van der Waals surface area (Å²) in [6, 6.07) is 16.9. The Labute approximate surface area is 136 Å². The van der Waals surface area contributed by atoms with E-state index in [2.05, 4.69) is 41.0 Å². The van der Waals surface area contributed by atoms with Gasteiger partial charge in [-0.1, -0.05) is 42.5 Å². The SMILES string of the molecule is COc1cc(-c2ccccc2)ccc1CNC1CCC(=O)NC1. The van der Waals surface area contributed by atoms with Crippen LogP contribution in [0.2, 0.25) is 0 Å². The van der Waals surface area contributed by atoms with Crippen LogP contribution < -0.4 is 15.4 Å². The van der Waals surface area contributed by atoms with Gasteiger partial charge in [0.05, 0.1) is 7.11 Å². The Kier molecular flexibility index (Phi) is 4.93. The van der Waals surface area contributed by atoms with Crippen LogP contribution in [-0.2, 0) is 11.3 Å². The lowest BCUT2D eigenvalue weighted by Crippen LogP contribution is -2.45. The largest absolute Gasteiger partial charge is 0.496 e. The highest BCUT2D eigenvalue weighted by atomic mass is 16.5.